The Balaban J connectivity index is 1.37. The van der Waals surface area contributed by atoms with Gasteiger partial charge in [0.05, 0.1) is 6.61 Å². The molecular weight excluding hydrogens is 296 g/mol. The molecule has 3 atom stereocenters. The van der Waals surface area contributed by atoms with Crippen LogP contribution in [0, 0.1) is 5.92 Å². The number of ether oxygens (including phenoxy) is 1. The monoisotopic (exact) mass is 318 g/mol. The predicted octanol–water partition coefficient (Wildman–Crippen LogP) is 3.86. The normalized spacial score (nSPS) is 25.4. The largest absolute Gasteiger partial charge is 0.493 e. The van der Waals surface area contributed by atoms with Gasteiger partial charge in [0, 0.05) is 41.5 Å². The van der Waals surface area contributed by atoms with Crippen molar-refractivity contribution >= 4 is 10.9 Å². The van der Waals surface area contributed by atoms with E-state index in [9.17, 15) is 0 Å². The van der Waals surface area contributed by atoms with Crippen LogP contribution in [-0.2, 0) is 6.42 Å². The van der Waals surface area contributed by atoms with Gasteiger partial charge in [-0.2, -0.15) is 0 Å². The molecule has 2 aliphatic rings. The number of rotatable bonds is 3. The Kier molecular flexibility index (Phi) is 3.34. The van der Waals surface area contributed by atoms with E-state index in [1.807, 2.05) is 30.3 Å². The lowest BCUT2D eigenvalue weighted by atomic mass is 9.73. The molecule has 5 rings (SSSR count). The van der Waals surface area contributed by atoms with E-state index in [0.29, 0.717) is 17.9 Å². The molecule has 2 heterocycles. The molecule has 0 bridgehead atoms. The topological polar surface area (TPSA) is 37.0 Å². The molecule has 2 unspecified atom stereocenters. The maximum Gasteiger partial charge on any atom is 0.119 e. The van der Waals surface area contributed by atoms with Crippen molar-refractivity contribution in [3.05, 3.63) is 65.9 Å². The van der Waals surface area contributed by atoms with Crippen LogP contribution in [0.3, 0.4) is 0 Å². The van der Waals surface area contributed by atoms with Gasteiger partial charge in [0.25, 0.3) is 0 Å². The Hall–Kier alpha value is -2.26. The smallest absolute Gasteiger partial charge is 0.119 e. The van der Waals surface area contributed by atoms with Crippen molar-refractivity contribution in [2.45, 2.75) is 24.8 Å². The number of H-pyrrole nitrogens is 1. The number of piperidine rings is 1. The van der Waals surface area contributed by atoms with Crippen LogP contribution in [0.1, 0.15) is 23.5 Å². The lowest BCUT2D eigenvalue weighted by molar-refractivity contribution is 0.183. The van der Waals surface area contributed by atoms with Crippen LogP contribution in [0.25, 0.3) is 10.9 Å². The van der Waals surface area contributed by atoms with Crippen LogP contribution in [0.15, 0.2) is 54.7 Å². The van der Waals surface area contributed by atoms with Gasteiger partial charge >= 0.3 is 0 Å². The maximum absolute atomic E-state index is 6.01. The summed E-state index contributed by atoms with van der Waals surface area (Å²) in [6.07, 6.45) is 4.53. The highest BCUT2D eigenvalue weighted by Crippen LogP contribution is 2.41. The molecule has 3 nitrogen and oxygen atoms in total. The Morgan fingerprint density at radius 1 is 1.04 bits per heavy atom. The van der Waals surface area contributed by atoms with Crippen LogP contribution in [0.2, 0.25) is 0 Å². The van der Waals surface area contributed by atoms with Gasteiger partial charge in [-0.15, -0.1) is 0 Å². The summed E-state index contributed by atoms with van der Waals surface area (Å²) in [7, 11) is 0. The fourth-order valence-corrected chi connectivity index (χ4v) is 4.48. The summed E-state index contributed by atoms with van der Waals surface area (Å²) in [6.45, 7) is 1.83. The number of para-hydroxylation sites is 1. The first-order valence-corrected chi connectivity index (χ1v) is 8.88. The zero-order valence-corrected chi connectivity index (χ0v) is 13.7. The Labute approximate surface area is 142 Å². The minimum atomic E-state index is 0.558. The lowest BCUT2D eigenvalue weighted by Gasteiger charge is -2.40. The molecule has 1 aliphatic carbocycles. The third-order valence-electron chi connectivity index (χ3n) is 5.63. The molecule has 24 heavy (non-hydrogen) atoms. The van der Waals surface area contributed by atoms with E-state index in [1.165, 1.54) is 28.5 Å². The van der Waals surface area contributed by atoms with Crippen LogP contribution in [0.5, 0.6) is 5.75 Å². The molecule has 0 saturated carbocycles. The summed E-state index contributed by atoms with van der Waals surface area (Å²) in [5, 5.41) is 5.25. The molecule has 0 radical (unpaired) electrons. The molecule has 0 amide bonds. The third-order valence-corrected chi connectivity index (χ3v) is 5.63. The highest BCUT2D eigenvalue weighted by molar-refractivity contribution is 5.88. The zero-order valence-electron chi connectivity index (χ0n) is 13.7. The molecule has 122 valence electrons. The number of hydrogen-bond acceptors (Lipinski definition) is 2. The highest BCUT2D eigenvalue weighted by Gasteiger charge is 2.36. The van der Waals surface area contributed by atoms with Crippen LogP contribution < -0.4 is 10.1 Å². The maximum atomic E-state index is 6.01. The molecule has 1 fully saturated rings. The summed E-state index contributed by atoms with van der Waals surface area (Å²) < 4.78 is 6.01. The first kappa shape index (κ1) is 14.1. The van der Waals surface area contributed by atoms with Crippen molar-refractivity contribution in [1.29, 1.82) is 0 Å². The minimum Gasteiger partial charge on any atom is -0.493 e. The second-order valence-corrected chi connectivity index (χ2v) is 7.13. The molecule has 2 aromatic carbocycles. The third kappa shape index (κ3) is 2.31. The Bertz CT molecular complexity index is 855. The minimum absolute atomic E-state index is 0.558. The van der Waals surface area contributed by atoms with E-state index in [-0.39, 0.29) is 0 Å². The van der Waals surface area contributed by atoms with Gasteiger partial charge < -0.3 is 15.0 Å². The van der Waals surface area contributed by atoms with Crippen molar-refractivity contribution in [3.63, 3.8) is 0 Å². The van der Waals surface area contributed by atoms with Gasteiger partial charge in [0.2, 0.25) is 0 Å². The van der Waals surface area contributed by atoms with Gasteiger partial charge in [-0.25, -0.2) is 0 Å². The number of hydrogen-bond donors (Lipinski definition) is 2. The van der Waals surface area contributed by atoms with E-state index in [2.05, 4.69) is 34.7 Å². The summed E-state index contributed by atoms with van der Waals surface area (Å²) >= 11 is 0. The Morgan fingerprint density at radius 3 is 2.88 bits per heavy atom. The second-order valence-electron chi connectivity index (χ2n) is 7.13. The van der Waals surface area contributed by atoms with E-state index in [1.54, 1.807) is 0 Å². The summed E-state index contributed by atoms with van der Waals surface area (Å²) in [5.74, 6) is 2.12. The lowest BCUT2D eigenvalue weighted by Crippen LogP contribution is -2.48. The number of fused-ring (bicyclic) bond motifs is 2. The van der Waals surface area contributed by atoms with E-state index in [4.69, 9.17) is 4.74 Å². The number of nitrogens with one attached hydrogen (secondary N) is 2. The first-order chi connectivity index (χ1) is 11.9. The van der Waals surface area contributed by atoms with E-state index < -0.39 is 0 Å². The van der Waals surface area contributed by atoms with Crippen molar-refractivity contribution in [2.75, 3.05) is 13.2 Å². The van der Waals surface area contributed by atoms with Gasteiger partial charge in [-0.1, -0.05) is 30.3 Å². The molecule has 0 spiro atoms. The van der Waals surface area contributed by atoms with Crippen LogP contribution >= 0.6 is 0 Å². The molecular formula is C21H22N2O. The molecule has 3 heteroatoms. The van der Waals surface area contributed by atoms with Gasteiger partial charge in [-0.3, -0.25) is 0 Å². The van der Waals surface area contributed by atoms with Crippen LogP contribution in [0.4, 0.5) is 0 Å². The van der Waals surface area contributed by atoms with Crippen molar-refractivity contribution in [1.82, 2.24) is 10.3 Å². The van der Waals surface area contributed by atoms with E-state index >= 15 is 0 Å². The molecule has 1 saturated heterocycles. The molecule has 3 aromatic rings. The highest BCUT2D eigenvalue weighted by atomic mass is 16.5. The zero-order chi connectivity index (χ0) is 15.9. The number of aromatic amines is 1. The Morgan fingerprint density at radius 2 is 1.96 bits per heavy atom. The number of aromatic nitrogens is 1. The van der Waals surface area contributed by atoms with E-state index in [0.717, 1.165) is 25.3 Å². The molecule has 1 aromatic heterocycles. The van der Waals surface area contributed by atoms with Gasteiger partial charge in [0.15, 0.2) is 0 Å². The average Bonchev–Trinajstić information content (AvgIpc) is 3.06. The van der Waals surface area contributed by atoms with Crippen molar-refractivity contribution in [2.24, 2.45) is 5.92 Å². The van der Waals surface area contributed by atoms with Crippen molar-refractivity contribution in [3.8, 4) is 5.75 Å². The second kappa shape index (κ2) is 5.67. The predicted molar refractivity (Wildman–Crippen MR) is 96.6 cm³/mol. The molecule has 1 aliphatic heterocycles. The molecule has 2 N–H and O–H groups in total. The van der Waals surface area contributed by atoms with Crippen LogP contribution in [-0.4, -0.2) is 24.2 Å². The first-order valence-electron chi connectivity index (χ1n) is 8.88. The average molecular weight is 318 g/mol. The SMILES string of the molecule is c1ccc(OCC2CN[C@@H]3Cc4c[nH]c5cccc(c45)C3C2)cc1. The van der Waals surface area contributed by atoms with Crippen molar-refractivity contribution < 1.29 is 4.74 Å². The standard InChI is InChI=1S/C21H22N2O/c1-2-5-16(6-3-1)24-13-14-9-18-17-7-4-8-19-21(17)15(12-23-19)10-20(18)22-11-14/h1-8,12,14,18,20,22-23H,9-11,13H2/t14?,18?,20-/m1/s1. The summed E-state index contributed by atoms with van der Waals surface area (Å²) in [4.78, 5) is 3.44. The quantitative estimate of drug-likeness (QED) is 0.769. The fourth-order valence-electron chi connectivity index (χ4n) is 4.48. The van der Waals surface area contributed by atoms with Gasteiger partial charge in [-0.05, 0) is 42.2 Å². The fraction of sp³-hybridized carbons (Fsp3) is 0.333. The number of benzene rings is 2. The van der Waals surface area contributed by atoms with Gasteiger partial charge in [0.1, 0.15) is 5.75 Å². The summed E-state index contributed by atoms with van der Waals surface area (Å²) in [6, 6.07) is 17.4. The summed E-state index contributed by atoms with van der Waals surface area (Å²) in [5.41, 5.74) is 4.26.